The molecular weight excluding hydrogens is 168 g/mol. The molecule has 11 heavy (non-hydrogen) atoms. The van der Waals surface area contributed by atoms with Gasteiger partial charge in [0.1, 0.15) is 0 Å². The van der Waals surface area contributed by atoms with Gasteiger partial charge < -0.3 is 5.11 Å². The third kappa shape index (κ3) is 0.599. The molecule has 1 aliphatic carbocycles. The summed E-state index contributed by atoms with van der Waals surface area (Å²) in [5.74, 6) is -1.08. The molecule has 0 aromatic carbocycles. The number of carbonyl (C=O) groups is 1. The Bertz CT molecular complexity index is 317. The highest BCUT2D eigenvalue weighted by molar-refractivity contribution is 7.93. The number of carboxylic acids is 1. The second-order valence-corrected chi connectivity index (χ2v) is 5.48. The summed E-state index contributed by atoms with van der Waals surface area (Å²) in [6.45, 7) is 0. The molecular formula is C6H8O4S. The van der Waals surface area contributed by atoms with E-state index in [0.717, 1.165) is 0 Å². The molecule has 62 valence electrons. The van der Waals surface area contributed by atoms with Crippen LogP contribution in [0.5, 0.6) is 0 Å². The number of fused-ring (bicyclic) bond motifs is 1. The van der Waals surface area contributed by atoms with Crippen molar-refractivity contribution < 1.29 is 18.3 Å². The van der Waals surface area contributed by atoms with Crippen LogP contribution in [0.1, 0.15) is 12.8 Å². The SMILES string of the molecule is O=C(O)C12CCC1S(=O)(=O)C2. The summed E-state index contributed by atoms with van der Waals surface area (Å²) >= 11 is 0. The maximum atomic E-state index is 10.9. The van der Waals surface area contributed by atoms with Gasteiger partial charge in [0.2, 0.25) is 0 Å². The maximum absolute atomic E-state index is 10.9. The Labute approximate surface area is 64.1 Å². The molecule has 2 aliphatic rings. The van der Waals surface area contributed by atoms with Crippen LogP contribution in [0.3, 0.4) is 0 Å². The molecule has 1 aliphatic heterocycles. The average Bonchev–Trinajstić information content (AvgIpc) is 1.78. The molecule has 0 radical (unpaired) electrons. The van der Waals surface area contributed by atoms with E-state index in [1.807, 2.05) is 0 Å². The fourth-order valence-corrected chi connectivity index (χ4v) is 4.52. The van der Waals surface area contributed by atoms with Gasteiger partial charge in [0.25, 0.3) is 0 Å². The third-order valence-electron chi connectivity index (χ3n) is 2.79. The van der Waals surface area contributed by atoms with E-state index in [-0.39, 0.29) is 5.75 Å². The summed E-state index contributed by atoms with van der Waals surface area (Å²) in [5.41, 5.74) is -0.876. The number of hydrogen-bond acceptors (Lipinski definition) is 3. The van der Waals surface area contributed by atoms with E-state index < -0.39 is 26.5 Å². The molecule has 0 spiro atoms. The molecule has 0 aromatic heterocycles. The minimum atomic E-state index is -3.01. The molecule has 4 nitrogen and oxygen atoms in total. The van der Waals surface area contributed by atoms with E-state index in [4.69, 9.17) is 5.11 Å². The Balaban J connectivity index is 2.32. The first kappa shape index (κ1) is 7.09. The zero-order valence-electron chi connectivity index (χ0n) is 5.78. The Morgan fingerprint density at radius 1 is 1.55 bits per heavy atom. The third-order valence-corrected chi connectivity index (χ3v) is 5.26. The van der Waals surface area contributed by atoms with Crippen molar-refractivity contribution in [1.82, 2.24) is 0 Å². The van der Waals surface area contributed by atoms with Crippen molar-refractivity contribution in [3.8, 4) is 0 Å². The van der Waals surface area contributed by atoms with Crippen LogP contribution in [0.4, 0.5) is 0 Å². The fraction of sp³-hybridized carbons (Fsp3) is 0.833. The summed E-state index contributed by atoms with van der Waals surface area (Å²) in [4.78, 5) is 10.6. The zero-order valence-corrected chi connectivity index (χ0v) is 6.60. The Morgan fingerprint density at radius 2 is 2.18 bits per heavy atom. The van der Waals surface area contributed by atoms with Gasteiger partial charge in [-0.15, -0.1) is 0 Å². The first-order valence-corrected chi connectivity index (χ1v) is 5.15. The van der Waals surface area contributed by atoms with Crippen molar-refractivity contribution in [3.63, 3.8) is 0 Å². The number of hydrogen-bond donors (Lipinski definition) is 1. The lowest BCUT2D eigenvalue weighted by Crippen LogP contribution is -2.68. The Morgan fingerprint density at radius 3 is 2.27 bits per heavy atom. The van der Waals surface area contributed by atoms with E-state index in [1.54, 1.807) is 0 Å². The van der Waals surface area contributed by atoms with Crippen molar-refractivity contribution >= 4 is 15.8 Å². The molecule has 2 rings (SSSR count). The summed E-state index contributed by atoms with van der Waals surface area (Å²) in [6.07, 6.45) is 1.07. The molecule has 2 fully saturated rings. The second-order valence-electron chi connectivity index (χ2n) is 3.30. The first-order valence-electron chi connectivity index (χ1n) is 3.44. The molecule has 1 saturated heterocycles. The molecule has 1 N–H and O–H groups in total. The highest BCUT2D eigenvalue weighted by atomic mass is 32.2. The standard InChI is InChI=1S/C6H8O4S/c7-5(8)6-2-1-4(6)11(9,10)3-6/h4H,1-3H2,(H,7,8). The predicted octanol–water partition coefficient (Wildman–Crippen LogP) is -0.352. The second kappa shape index (κ2) is 1.60. The average molecular weight is 176 g/mol. The van der Waals surface area contributed by atoms with Crippen molar-refractivity contribution in [3.05, 3.63) is 0 Å². The van der Waals surface area contributed by atoms with Gasteiger partial charge in [-0.25, -0.2) is 8.42 Å². The molecule has 0 bridgehead atoms. The summed E-state index contributed by atoms with van der Waals surface area (Å²) in [5, 5.41) is 8.12. The normalized spacial score (nSPS) is 44.9. The largest absolute Gasteiger partial charge is 0.481 e. The monoisotopic (exact) mass is 176 g/mol. The van der Waals surface area contributed by atoms with E-state index in [9.17, 15) is 13.2 Å². The van der Waals surface area contributed by atoms with Gasteiger partial charge in [0.05, 0.1) is 16.4 Å². The predicted molar refractivity (Wildman–Crippen MR) is 36.9 cm³/mol. The summed E-state index contributed by atoms with van der Waals surface area (Å²) in [6, 6.07) is 0. The maximum Gasteiger partial charge on any atom is 0.312 e. The van der Waals surface area contributed by atoms with E-state index in [2.05, 4.69) is 0 Å². The first-order chi connectivity index (χ1) is 4.99. The quantitative estimate of drug-likeness (QED) is 0.592. The lowest BCUT2D eigenvalue weighted by atomic mass is 9.68. The van der Waals surface area contributed by atoms with Crippen LogP contribution < -0.4 is 0 Å². The van der Waals surface area contributed by atoms with Crippen LogP contribution in [0, 0.1) is 5.41 Å². The number of rotatable bonds is 1. The molecule has 1 saturated carbocycles. The summed E-state index contributed by atoms with van der Waals surface area (Å²) in [7, 11) is -3.01. The van der Waals surface area contributed by atoms with E-state index in [0.29, 0.717) is 12.8 Å². The molecule has 0 amide bonds. The van der Waals surface area contributed by atoms with Gasteiger partial charge in [0, 0.05) is 0 Å². The van der Waals surface area contributed by atoms with Crippen molar-refractivity contribution in [1.29, 1.82) is 0 Å². The van der Waals surface area contributed by atoms with Crippen LogP contribution >= 0.6 is 0 Å². The number of carboxylic acid groups (broad SMARTS) is 1. The van der Waals surface area contributed by atoms with Crippen LogP contribution in [0.25, 0.3) is 0 Å². The lowest BCUT2D eigenvalue weighted by molar-refractivity contribution is -0.153. The van der Waals surface area contributed by atoms with Gasteiger partial charge in [-0.2, -0.15) is 0 Å². The van der Waals surface area contributed by atoms with Crippen LogP contribution in [0.2, 0.25) is 0 Å². The van der Waals surface area contributed by atoms with Gasteiger partial charge in [0.15, 0.2) is 9.84 Å². The van der Waals surface area contributed by atoms with E-state index >= 15 is 0 Å². The molecule has 2 unspecified atom stereocenters. The Kier molecular flexibility index (Phi) is 1.03. The highest BCUT2D eigenvalue weighted by Crippen LogP contribution is 2.55. The number of aliphatic carboxylic acids is 1. The van der Waals surface area contributed by atoms with Crippen molar-refractivity contribution in [2.75, 3.05) is 5.75 Å². The minimum absolute atomic E-state index is 0.139. The lowest BCUT2D eigenvalue weighted by Gasteiger charge is -2.53. The molecule has 5 heteroatoms. The van der Waals surface area contributed by atoms with Crippen LogP contribution in [-0.4, -0.2) is 30.5 Å². The zero-order chi connectivity index (χ0) is 8.28. The highest BCUT2D eigenvalue weighted by Gasteiger charge is 2.68. The topological polar surface area (TPSA) is 71.4 Å². The molecule has 0 aromatic rings. The van der Waals surface area contributed by atoms with Crippen LogP contribution in [-0.2, 0) is 14.6 Å². The van der Waals surface area contributed by atoms with E-state index in [1.165, 1.54) is 0 Å². The van der Waals surface area contributed by atoms with Crippen molar-refractivity contribution in [2.45, 2.75) is 18.1 Å². The van der Waals surface area contributed by atoms with Gasteiger partial charge in [-0.05, 0) is 12.8 Å². The molecule has 2 atom stereocenters. The van der Waals surface area contributed by atoms with Gasteiger partial charge >= 0.3 is 5.97 Å². The fourth-order valence-electron chi connectivity index (χ4n) is 1.97. The minimum Gasteiger partial charge on any atom is -0.481 e. The van der Waals surface area contributed by atoms with Gasteiger partial charge in [-0.3, -0.25) is 4.79 Å². The summed E-state index contributed by atoms with van der Waals surface area (Å²) < 4.78 is 21.9. The molecule has 1 heterocycles. The van der Waals surface area contributed by atoms with Crippen molar-refractivity contribution in [2.24, 2.45) is 5.41 Å². The van der Waals surface area contributed by atoms with Crippen LogP contribution in [0.15, 0.2) is 0 Å². The van der Waals surface area contributed by atoms with Gasteiger partial charge in [-0.1, -0.05) is 0 Å². The Hall–Kier alpha value is -0.580. The number of sulfone groups is 1. The smallest absolute Gasteiger partial charge is 0.312 e.